The van der Waals surface area contributed by atoms with Gasteiger partial charge in [0.15, 0.2) is 0 Å². The summed E-state index contributed by atoms with van der Waals surface area (Å²) < 4.78 is 8.29. The monoisotopic (exact) mass is 388 g/mol. The summed E-state index contributed by atoms with van der Waals surface area (Å²) in [5.74, 6) is -2.04. The van der Waals surface area contributed by atoms with Gasteiger partial charge in [-0.2, -0.15) is 9.36 Å². The summed E-state index contributed by atoms with van der Waals surface area (Å²) >= 11 is 0.827. The Morgan fingerprint density at radius 2 is 1.93 bits per heavy atom. The second kappa shape index (κ2) is 7.23. The van der Waals surface area contributed by atoms with Crippen LogP contribution in [0.15, 0.2) is 18.2 Å². The standard InChI is InChI=1S/C17H16N4O5S/c1-8(2)7-21-14(23)10-5-4-9(6-11(10)15(21)24)13(22)19-17-18-12(20-27-17)16(25)26-3/h4-6,8H,7H2,1-3H3,(H,18,19,20,22). The smallest absolute Gasteiger partial charge is 0.377 e. The lowest BCUT2D eigenvalue weighted by Gasteiger charge is -2.15. The van der Waals surface area contributed by atoms with E-state index in [9.17, 15) is 19.2 Å². The molecule has 0 saturated carbocycles. The highest BCUT2D eigenvalue weighted by Gasteiger charge is 2.36. The Kier molecular flexibility index (Phi) is 5.00. The summed E-state index contributed by atoms with van der Waals surface area (Å²) in [6, 6.07) is 4.30. The van der Waals surface area contributed by atoms with Crippen molar-refractivity contribution in [2.24, 2.45) is 5.92 Å². The molecule has 0 radical (unpaired) electrons. The Hall–Kier alpha value is -3.14. The number of esters is 1. The number of hydrogen-bond donors (Lipinski definition) is 1. The van der Waals surface area contributed by atoms with Crippen molar-refractivity contribution in [2.45, 2.75) is 13.8 Å². The number of imide groups is 1. The van der Waals surface area contributed by atoms with E-state index in [0.717, 1.165) is 11.5 Å². The lowest BCUT2D eigenvalue weighted by molar-refractivity contribution is 0.0586. The van der Waals surface area contributed by atoms with E-state index >= 15 is 0 Å². The van der Waals surface area contributed by atoms with Gasteiger partial charge >= 0.3 is 5.97 Å². The first kappa shape index (κ1) is 18.6. The summed E-state index contributed by atoms with van der Waals surface area (Å²) in [6.45, 7) is 4.13. The van der Waals surface area contributed by atoms with Gasteiger partial charge in [0.1, 0.15) is 0 Å². The van der Waals surface area contributed by atoms with E-state index < -0.39 is 17.8 Å². The molecule has 2 aromatic rings. The molecule has 1 N–H and O–H groups in total. The first-order chi connectivity index (χ1) is 12.8. The Bertz CT molecular complexity index is 953. The highest BCUT2D eigenvalue weighted by Crippen LogP contribution is 2.25. The van der Waals surface area contributed by atoms with Crippen molar-refractivity contribution in [1.29, 1.82) is 0 Å². The number of hydrogen-bond acceptors (Lipinski definition) is 8. The third-order valence-electron chi connectivity index (χ3n) is 3.80. The minimum Gasteiger partial charge on any atom is -0.463 e. The van der Waals surface area contributed by atoms with Gasteiger partial charge in [-0.15, -0.1) is 0 Å². The van der Waals surface area contributed by atoms with Gasteiger partial charge in [-0.3, -0.25) is 24.6 Å². The Labute approximate surface area is 158 Å². The van der Waals surface area contributed by atoms with Crippen LogP contribution in [-0.2, 0) is 4.74 Å². The second-order valence-corrected chi connectivity index (χ2v) is 7.00. The molecule has 1 aromatic carbocycles. The molecule has 1 aromatic heterocycles. The van der Waals surface area contributed by atoms with Crippen LogP contribution in [0.3, 0.4) is 0 Å². The van der Waals surface area contributed by atoms with Crippen molar-refractivity contribution < 1.29 is 23.9 Å². The molecule has 1 aliphatic rings. The van der Waals surface area contributed by atoms with Crippen LogP contribution in [0, 0.1) is 5.92 Å². The normalized spacial score (nSPS) is 13.1. The molecular weight excluding hydrogens is 372 g/mol. The van der Waals surface area contributed by atoms with Crippen LogP contribution in [-0.4, -0.2) is 51.6 Å². The predicted molar refractivity (Wildman–Crippen MR) is 95.8 cm³/mol. The topological polar surface area (TPSA) is 119 Å². The first-order valence-electron chi connectivity index (χ1n) is 8.05. The molecule has 140 valence electrons. The van der Waals surface area contributed by atoms with Crippen LogP contribution in [0.2, 0.25) is 0 Å². The van der Waals surface area contributed by atoms with Crippen molar-refractivity contribution >= 4 is 40.4 Å². The van der Waals surface area contributed by atoms with Gasteiger partial charge in [-0.05, 0) is 24.1 Å². The first-order valence-corrected chi connectivity index (χ1v) is 8.82. The van der Waals surface area contributed by atoms with Crippen molar-refractivity contribution in [3.63, 3.8) is 0 Å². The molecule has 0 saturated heterocycles. The molecule has 3 rings (SSSR count). The maximum Gasteiger partial charge on any atom is 0.377 e. The molecule has 0 fully saturated rings. The number of ether oxygens (including phenoxy) is 1. The molecule has 0 atom stereocenters. The zero-order chi connectivity index (χ0) is 19.7. The third-order valence-corrected chi connectivity index (χ3v) is 4.43. The van der Waals surface area contributed by atoms with E-state index in [-0.39, 0.29) is 39.5 Å². The molecule has 0 bridgehead atoms. The van der Waals surface area contributed by atoms with Crippen LogP contribution in [0.5, 0.6) is 0 Å². The number of rotatable bonds is 5. The Morgan fingerprint density at radius 3 is 2.59 bits per heavy atom. The van der Waals surface area contributed by atoms with Crippen molar-refractivity contribution in [1.82, 2.24) is 14.3 Å². The second-order valence-electron chi connectivity index (χ2n) is 6.24. The number of amides is 3. The van der Waals surface area contributed by atoms with Gasteiger partial charge in [0.2, 0.25) is 5.13 Å². The van der Waals surface area contributed by atoms with Gasteiger partial charge in [0.25, 0.3) is 23.5 Å². The molecular formula is C17H16N4O5S. The quantitative estimate of drug-likeness (QED) is 0.613. The maximum absolute atomic E-state index is 12.5. The highest BCUT2D eigenvalue weighted by atomic mass is 32.1. The third kappa shape index (κ3) is 3.56. The van der Waals surface area contributed by atoms with Crippen LogP contribution in [0.25, 0.3) is 0 Å². The van der Waals surface area contributed by atoms with E-state index in [1.165, 1.54) is 30.2 Å². The van der Waals surface area contributed by atoms with Gasteiger partial charge < -0.3 is 4.74 Å². The number of anilines is 1. The minimum absolute atomic E-state index is 0.115. The average Bonchev–Trinajstić information content (AvgIpc) is 3.19. The van der Waals surface area contributed by atoms with Crippen molar-refractivity contribution in [2.75, 3.05) is 19.0 Å². The van der Waals surface area contributed by atoms with Crippen LogP contribution < -0.4 is 5.32 Å². The largest absolute Gasteiger partial charge is 0.463 e. The molecule has 0 aliphatic carbocycles. The number of nitrogens with zero attached hydrogens (tertiary/aromatic N) is 3. The summed E-state index contributed by atoms with van der Waals surface area (Å²) in [5.41, 5.74) is 0.665. The molecule has 1 aliphatic heterocycles. The summed E-state index contributed by atoms with van der Waals surface area (Å²) in [4.78, 5) is 53.7. The number of nitrogens with one attached hydrogen (secondary N) is 1. The van der Waals surface area contributed by atoms with Gasteiger partial charge in [0.05, 0.1) is 18.2 Å². The van der Waals surface area contributed by atoms with E-state index in [1.54, 1.807) is 0 Å². The summed E-state index contributed by atoms with van der Waals surface area (Å²) in [7, 11) is 1.20. The van der Waals surface area contributed by atoms with Gasteiger partial charge in [0, 0.05) is 23.6 Å². The number of benzene rings is 1. The molecule has 9 nitrogen and oxygen atoms in total. The molecule has 0 spiro atoms. The van der Waals surface area contributed by atoms with Crippen LogP contribution >= 0.6 is 11.5 Å². The van der Waals surface area contributed by atoms with Crippen LogP contribution in [0.1, 0.15) is 55.5 Å². The lowest BCUT2D eigenvalue weighted by Crippen LogP contribution is -2.33. The Morgan fingerprint density at radius 1 is 1.22 bits per heavy atom. The number of fused-ring (bicyclic) bond motifs is 1. The van der Waals surface area contributed by atoms with E-state index in [1.807, 2.05) is 13.8 Å². The van der Waals surface area contributed by atoms with E-state index in [0.29, 0.717) is 6.54 Å². The van der Waals surface area contributed by atoms with Crippen molar-refractivity contribution in [3.8, 4) is 0 Å². The van der Waals surface area contributed by atoms with E-state index in [4.69, 9.17) is 0 Å². The zero-order valence-corrected chi connectivity index (χ0v) is 15.6. The lowest BCUT2D eigenvalue weighted by atomic mass is 10.1. The minimum atomic E-state index is -0.710. The fourth-order valence-electron chi connectivity index (χ4n) is 2.58. The number of carbonyl (C=O) groups is 4. The Balaban J connectivity index is 1.80. The van der Waals surface area contributed by atoms with Crippen molar-refractivity contribution in [3.05, 3.63) is 40.7 Å². The SMILES string of the molecule is COC(=O)c1nsc(NC(=O)c2ccc3c(c2)C(=O)N(CC(C)C)C3=O)n1. The number of methoxy groups -OCH3 is 1. The fraction of sp³-hybridized carbons (Fsp3) is 0.294. The summed E-state index contributed by atoms with van der Waals surface area (Å²) in [6.07, 6.45) is 0. The molecule has 0 unspecified atom stereocenters. The molecule has 27 heavy (non-hydrogen) atoms. The maximum atomic E-state index is 12.5. The van der Waals surface area contributed by atoms with Gasteiger partial charge in [-0.1, -0.05) is 13.8 Å². The zero-order valence-electron chi connectivity index (χ0n) is 14.8. The summed E-state index contributed by atoms with van der Waals surface area (Å²) in [5, 5.41) is 2.62. The van der Waals surface area contributed by atoms with Crippen LogP contribution in [0.4, 0.5) is 5.13 Å². The van der Waals surface area contributed by atoms with Gasteiger partial charge in [-0.25, -0.2) is 4.79 Å². The van der Waals surface area contributed by atoms with E-state index in [2.05, 4.69) is 19.4 Å². The molecule has 10 heteroatoms. The molecule has 3 amide bonds. The fourth-order valence-corrected chi connectivity index (χ4v) is 3.13. The number of carbonyl (C=O) groups excluding carboxylic acids is 4. The molecule has 2 heterocycles. The predicted octanol–water partition coefficient (Wildman–Crippen LogP) is 1.83. The highest BCUT2D eigenvalue weighted by molar-refractivity contribution is 7.10. The average molecular weight is 388 g/mol. The number of aromatic nitrogens is 2.